The maximum absolute atomic E-state index is 5.26. The molecule has 1 unspecified atom stereocenters. The van der Waals surface area contributed by atoms with Crippen LogP contribution < -0.4 is 10.1 Å². The number of methoxy groups -OCH3 is 1. The Kier molecular flexibility index (Phi) is 5.62. The molecule has 2 aromatic rings. The van der Waals surface area contributed by atoms with Gasteiger partial charge in [0.2, 0.25) is 17.6 Å². The molecule has 0 fully saturated rings. The van der Waals surface area contributed by atoms with Crippen LogP contribution >= 0.6 is 0 Å². The van der Waals surface area contributed by atoms with Crippen molar-refractivity contribution in [3.05, 3.63) is 18.3 Å². The van der Waals surface area contributed by atoms with Gasteiger partial charge >= 0.3 is 0 Å². The summed E-state index contributed by atoms with van der Waals surface area (Å²) in [5, 5.41) is 7.38. The standard InChI is InChI=1S/C14H21N5O2/c1-4-7-15-10(2)5-6-12-18-14(19-21-12)11-8-13(20-3)17-9-16-11/h8-10,15H,4-7H2,1-3H3. The number of hydrogen-bond acceptors (Lipinski definition) is 7. The zero-order valence-electron chi connectivity index (χ0n) is 12.7. The van der Waals surface area contributed by atoms with E-state index in [1.807, 2.05) is 0 Å². The summed E-state index contributed by atoms with van der Waals surface area (Å²) in [4.78, 5) is 12.4. The molecule has 0 aromatic carbocycles. The van der Waals surface area contributed by atoms with Gasteiger partial charge in [0.15, 0.2) is 0 Å². The van der Waals surface area contributed by atoms with E-state index >= 15 is 0 Å². The first kappa shape index (κ1) is 15.4. The lowest BCUT2D eigenvalue weighted by molar-refractivity contribution is 0.367. The number of nitrogens with zero attached hydrogens (tertiary/aromatic N) is 4. The highest BCUT2D eigenvalue weighted by Gasteiger charge is 2.12. The van der Waals surface area contributed by atoms with Crippen molar-refractivity contribution in [3.8, 4) is 17.4 Å². The van der Waals surface area contributed by atoms with Crippen molar-refractivity contribution in [2.24, 2.45) is 0 Å². The van der Waals surface area contributed by atoms with Crippen LogP contribution in [0.3, 0.4) is 0 Å². The van der Waals surface area contributed by atoms with Crippen LogP contribution in [0.25, 0.3) is 11.5 Å². The molecule has 0 saturated heterocycles. The molecule has 0 saturated carbocycles. The summed E-state index contributed by atoms with van der Waals surface area (Å²) in [5.74, 6) is 1.55. The van der Waals surface area contributed by atoms with Crippen LogP contribution in [0.5, 0.6) is 5.88 Å². The minimum absolute atomic E-state index is 0.430. The normalized spacial score (nSPS) is 12.3. The molecule has 0 bridgehead atoms. The Morgan fingerprint density at radius 2 is 2.24 bits per heavy atom. The number of aromatic nitrogens is 4. The predicted molar refractivity (Wildman–Crippen MR) is 78.0 cm³/mol. The Morgan fingerprint density at radius 1 is 1.38 bits per heavy atom. The maximum atomic E-state index is 5.26. The lowest BCUT2D eigenvalue weighted by Crippen LogP contribution is -2.27. The molecular weight excluding hydrogens is 270 g/mol. The summed E-state index contributed by atoms with van der Waals surface area (Å²) in [6, 6.07) is 2.11. The molecule has 0 amide bonds. The van der Waals surface area contributed by atoms with Crippen LogP contribution in [0.4, 0.5) is 0 Å². The molecule has 7 nitrogen and oxygen atoms in total. The fourth-order valence-corrected chi connectivity index (χ4v) is 1.87. The lowest BCUT2D eigenvalue weighted by atomic mass is 10.2. The Hall–Kier alpha value is -2.02. The number of nitrogens with one attached hydrogen (secondary N) is 1. The van der Waals surface area contributed by atoms with Gasteiger partial charge in [-0.05, 0) is 26.3 Å². The van der Waals surface area contributed by atoms with Crippen molar-refractivity contribution in [2.45, 2.75) is 39.2 Å². The van der Waals surface area contributed by atoms with Gasteiger partial charge < -0.3 is 14.6 Å². The number of rotatable bonds is 8. The summed E-state index contributed by atoms with van der Waals surface area (Å²) in [6.45, 7) is 5.33. The Morgan fingerprint density at radius 3 is 3.00 bits per heavy atom. The summed E-state index contributed by atoms with van der Waals surface area (Å²) in [7, 11) is 1.55. The second-order valence-corrected chi connectivity index (χ2v) is 4.85. The van der Waals surface area contributed by atoms with Gasteiger partial charge in [-0.25, -0.2) is 9.97 Å². The molecule has 114 valence electrons. The zero-order chi connectivity index (χ0) is 15.1. The molecule has 2 heterocycles. The molecule has 1 N–H and O–H groups in total. The highest BCUT2D eigenvalue weighted by Crippen LogP contribution is 2.17. The summed E-state index contributed by atoms with van der Waals surface area (Å²) in [5.41, 5.74) is 0.592. The summed E-state index contributed by atoms with van der Waals surface area (Å²) < 4.78 is 10.3. The van der Waals surface area contributed by atoms with Crippen LogP contribution in [0.2, 0.25) is 0 Å². The lowest BCUT2D eigenvalue weighted by Gasteiger charge is -2.10. The predicted octanol–water partition coefficient (Wildman–Crippen LogP) is 1.86. The monoisotopic (exact) mass is 291 g/mol. The van der Waals surface area contributed by atoms with E-state index in [9.17, 15) is 0 Å². The van der Waals surface area contributed by atoms with Gasteiger partial charge in [-0.2, -0.15) is 4.98 Å². The highest BCUT2D eigenvalue weighted by molar-refractivity contribution is 5.49. The van der Waals surface area contributed by atoms with E-state index in [4.69, 9.17) is 9.26 Å². The van der Waals surface area contributed by atoms with Gasteiger partial charge in [0.05, 0.1) is 7.11 Å². The quantitative estimate of drug-likeness (QED) is 0.794. The fourth-order valence-electron chi connectivity index (χ4n) is 1.87. The van der Waals surface area contributed by atoms with E-state index in [1.54, 1.807) is 13.2 Å². The van der Waals surface area contributed by atoms with Crippen molar-refractivity contribution >= 4 is 0 Å². The van der Waals surface area contributed by atoms with E-state index < -0.39 is 0 Å². The smallest absolute Gasteiger partial charge is 0.227 e. The number of ether oxygens (including phenoxy) is 1. The molecule has 1 atom stereocenters. The third-order valence-corrected chi connectivity index (χ3v) is 3.08. The van der Waals surface area contributed by atoms with Crippen molar-refractivity contribution in [3.63, 3.8) is 0 Å². The van der Waals surface area contributed by atoms with E-state index in [1.165, 1.54) is 6.33 Å². The van der Waals surface area contributed by atoms with Crippen LogP contribution in [0, 0.1) is 0 Å². The van der Waals surface area contributed by atoms with Crippen molar-refractivity contribution in [1.82, 2.24) is 25.4 Å². The largest absolute Gasteiger partial charge is 0.481 e. The minimum Gasteiger partial charge on any atom is -0.481 e. The molecule has 0 aliphatic rings. The fraction of sp³-hybridized carbons (Fsp3) is 0.571. The van der Waals surface area contributed by atoms with Crippen LogP contribution in [-0.4, -0.2) is 39.8 Å². The summed E-state index contributed by atoms with van der Waals surface area (Å²) >= 11 is 0. The van der Waals surface area contributed by atoms with Gasteiger partial charge in [0.1, 0.15) is 12.0 Å². The molecule has 0 aliphatic heterocycles. The van der Waals surface area contributed by atoms with Crippen LogP contribution in [0.1, 0.15) is 32.6 Å². The van der Waals surface area contributed by atoms with Gasteiger partial charge in [-0.1, -0.05) is 12.1 Å². The van der Waals surface area contributed by atoms with Gasteiger partial charge in [-0.3, -0.25) is 0 Å². The first-order valence-electron chi connectivity index (χ1n) is 7.15. The molecule has 0 spiro atoms. The van der Waals surface area contributed by atoms with Crippen molar-refractivity contribution in [2.75, 3.05) is 13.7 Å². The average molecular weight is 291 g/mol. The van der Waals surface area contributed by atoms with E-state index in [0.717, 1.165) is 25.8 Å². The van der Waals surface area contributed by atoms with E-state index in [2.05, 4.69) is 39.3 Å². The minimum atomic E-state index is 0.430. The molecule has 7 heteroatoms. The van der Waals surface area contributed by atoms with E-state index in [0.29, 0.717) is 29.3 Å². The highest BCUT2D eigenvalue weighted by atomic mass is 16.5. The van der Waals surface area contributed by atoms with E-state index in [-0.39, 0.29) is 0 Å². The van der Waals surface area contributed by atoms with Gasteiger partial charge in [-0.15, -0.1) is 0 Å². The molecule has 2 aromatic heterocycles. The zero-order valence-corrected chi connectivity index (χ0v) is 12.7. The molecule has 0 radical (unpaired) electrons. The number of hydrogen-bond donors (Lipinski definition) is 1. The number of aryl methyl sites for hydroxylation is 1. The molecule has 21 heavy (non-hydrogen) atoms. The first-order valence-corrected chi connectivity index (χ1v) is 7.15. The second kappa shape index (κ2) is 7.68. The van der Waals surface area contributed by atoms with Gasteiger partial charge in [0.25, 0.3) is 0 Å². The van der Waals surface area contributed by atoms with Crippen molar-refractivity contribution < 1.29 is 9.26 Å². The van der Waals surface area contributed by atoms with Crippen LogP contribution in [0.15, 0.2) is 16.9 Å². The Labute approximate surface area is 124 Å². The second-order valence-electron chi connectivity index (χ2n) is 4.85. The molecular formula is C14H21N5O2. The Balaban J connectivity index is 1.94. The third-order valence-electron chi connectivity index (χ3n) is 3.08. The third kappa shape index (κ3) is 4.49. The maximum Gasteiger partial charge on any atom is 0.227 e. The SMILES string of the molecule is CCCNC(C)CCc1nc(-c2cc(OC)ncn2)no1. The molecule has 0 aliphatic carbocycles. The average Bonchev–Trinajstić information content (AvgIpc) is 3.00. The van der Waals surface area contributed by atoms with Crippen molar-refractivity contribution in [1.29, 1.82) is 0 Å². The van der Waals surface area contributed by atoms with Crippen LogP contribution in [-0.2, 0) is 6.42 Å². The topological polar surface area (TPSA) is 86.0 Å². The summed E-state index contributed by atoms with van der Waals surface area (Å²) in [6.07, 6.45) is 4.24. The molecule has 2 rings (SSSR count). The van der Waals surface area contributed by atoms with Gasteiger partial charge in [0, 0.05) is 18.5 Å². The first-order chi connectivity index (χ1) is 10.2. The Bertz CT molecular complexity index is 558.